The first-order valence-corrected chi connectivity index (χ1v) is 7.44. The third-order valence-electron chi connectivity index (χ3n) is 4.54. The van der Waals surface area contributed by atoms with Crippen molar-refractivity contribution in [1.29, 1.82) is 0 Å². The van der Waals surface area contributed by atoms with E-state index in [-0.39, 0.29) is 0 Å². The highest BCUT2D eigenvalue weighted by molar-refractivity contribution is 7.71. The molecular weight excluding hydrogens is 256 g/mol. The lowest BCUT2D eigenvalue weighted by Crippen LogP contribution is -2.24. The summed E-state index contributed by atoms with van der Waals surface area (Å²) in [5.74, 6) is 0. The second-order valence-corrected chi connectivity index (χ2v) is 6.99. The summed E-state index contributed by atoms with van der Waals surface area (Å²) in [6.07, 6.45) is 4.95. The first kappa shape index (κ1) is 12.9. The van der Waals surface area contributed by atoms with Crippen molar-refractivity contribution in [3.8, 4) is 0 Å². The van der Waals surface area contributed by atoms with E-state index < -0.39 is 0 Å². The molecule has 0 atom stereocenters. The van der Waals surface area contributed by atoms with E-state index in [9.17, 15) is 0 Å². The number of rotatable bonds is 1. The van der Waals surface area contributed by atoms with Crippen molar-refractivity contribution in [3.05, 3.63) is 10.5 Å². The number of fused-ring (bicyclic) bond motifs is 1. The van der Waals surface area contributed by atoms with Crippen LogP contribution in [0.4, 0.5) is 0 Å². The molecule has 0 aromatic carbocycles. The summed E-state index contributed by atoms with van der Waals surface area (Å²) in [7, 11) is 2.00. The maximum absolute atomic E-state index is 5.53. The number of imidazole rings is 1. The summed E-state index contributed by atoms with van der Waals surface area (Å²) in [5, 5.41) is 4.49. The summed E-state index contributed by atoms with van der Waals surface area (Å²) in [6.45, 7) is 6.76. The lowest BCUT2D eigenvalue weighted by atomic mass is 9.75. The maximum Gasteiger partial charge on any atom is 0.179 e. The molecule has 1 aliphatic rings. The largest absolute Gasteiger partial charge is 0.328 e. The van der Waals surface area contributed by atoms with Crippen LogP contribution in [0, 0.1) is 17.1 Å². The zero-order valence-electron chi connectivity index (χ0n) is 12.2. The van der Waals surface area contributed by atoms with E-state index in [1.54, 1.807) is 0 Å². The molecule has 0 spiro atoms. The predicted molar refractivity (Wildman–Crippen MR) is 79.9 cm³/mol. The Kier molecular flexibility index (Phi) is 2.85. The fraction of sp³-hybridized carbons (Fsp3) is 0.714. The summed E-state index contributed by atoms with van der Waals surface area (Å²) >= 11 is 5.53. The van der Waals surface area contributed by atoms with Gasteiger partial charge in [-0.3, -0.25) is 9.25 Å². The Labute approximate surface area is 118 Å². The van der Waals surface area contributed by atoms with Gasteiger partial charge in [-0.25, -0.2) is 0 Å². The summed E-state index contributed by atoms with van der Waals surface area (Å²) in [5.41, 5.74) is 3.75. The van der Waals surface area contributed by atoms with Crippen LogP contribution in [0.15, 0.2) is 0 Å². The zero-order valence-corrected chi connectivity index (χ0v) is 13.0. The minimum absolute atomic E-state index is 0.483. The van der Waals surface area contributed by atoms with Gasteiger partial charge in [0, 0.05) is 13.1 Å². The standard InChI is InChI=1S/C14H22N4S/c1-9-11-12(17(4)16-9)18(13(19)15-11)10-5-7-14(2,3)8-6-10/h10H,5-8H2,1-4H3,(H,15,19). The van der Waals surface area contributed by atoms with Crippen LogP contribution in [-0.4, -0.2) is 19.3 Å². The Balaban J connectivity index is 2.06. The molecule has 2 heterocycles. The number of nitrogens with one attached hydrogen (secondary N) is 1. The Hall–Kier alpha value is -1.10. The second-order valence-electron chi connectivity index (χ2n) is 6.60. The lowest BCUT2D eigenvalue weighted by molar-refractivity contribution is 0.194. The van der Waals surface area contributed by atoms with Gasteiger partial charge in [0.2, 0.25) is 0 Å². The van der Waals surface area contributed by atoms with Crippen molar-refractivity contribution in [3.63, 3.8) is 0 Å². The fourth-order valence-corrected chi connectivity index (χ4v) is 3.65. The van der Waals surface area contributed by atoms with Crippen molar-refractivity contribution in [2.75, 3.05) is 0 Å². The Morgan fingerprint density at radius 3 is 2.58 bits per heavy atom. The van der Waals surface area contributed by atoms with E-state index in [0.717, 1.165) is 21.6 Å². The van der Waals surface area contributed by atoms with Crippen LogP contribution in [0.1, 0.15) is 51.3 Å². The van der Waals surface area contributed by atoms with E-state index in [1.807, 2.05) is 18.7 Å². The van der Waals surface area contributed by atoms with Crippen molar-refractivity contribution < 1.29 is 0 Å². The van der Waals surface area contributed by atoms with Gasteiger partial charge in [-0.2, -0.15) is 5.10 Å². The molecule has 0 saturated heterocycles. The van der Waals surface area contributed by atoms with Gasteiger partial charge in [0.25, 0.3) is 0 Å². The number of hydrogen-bond donors (Lipinski definition) is 1. The molecule has 2 aromatic heterocycles. The molecule has 0 amide bonds. The van der Waals surface area contributed by atoms with Gasteiger partial charge in [0.05, 0.1) is 5.69 Å². The molecule has 1 aliphatic carbocycles. The number of H-pyrrole nitrogens is 1. The highest BCUT2D eigenvalue weighted by Crippen LogP contribution is 2.41. The van der Waals surface area contributed by atoms with E-state index in [4.69, 9.17) is 12.2 Å². The summed E-state index contributed by atoms with van der Waals surface area (Å²) < 4.78 is 5.09. The topological polar surface area (TPSA) is 38.5 Å². The molecule has 4 nitrogen and oxygen atoms in total. The van der Waals surface area contributed by atoms with E-state index >= 15 is 0 Å². The number of aromatic nitrogens is 4. The van der Waals surface area contributed by atoms with Gasteiger partial charge in [0.15, 0.2) is 10.4 Å². The predicted octanol–water partition coefficient (Wildman–Crippen LogP) is 3.88. The molecule has 19 heavy (non-hydrogen) atoms. The Bertz CT molecular complexity index is 663. The van der Waals surface area contributed by atoms with Gasteiger partial charge in [-0.1, -0.05) is 13.8 Å². The van der Waals surface area contributed by atoms with Crippen LogP contribution in [0.2, 0.25) is 0 Å². The smallest absolute Gasteiger partial charge is 0.179 e. The number of hydrogen-bond acceptors (Lipinski definition) is 2. The molecular formula is C14H22N4S. The van der Waals surface area contributed by atoms with Crippen LogP contribution in [-0.2, 0) is 7.05 Å². The van der Waals surface area contributed by atoms with Gasteiger partial charge >= 0.3 is 0 Å². The molecule has 104 valence electrons. The lowest BCUT2D eigenvalue weighted by Gasteiger charge is -2.35. The van der Waals surface area contributed by atoms with Crippen molar-refractivity contribution in [1.82, 2.24) is 19.3 Å². The van der Waals surface area contributed by atoms with Crippen LogP contribution < -0.4 is 0 Å². The molecule has 2 aromatic rings. The van der Waals surface area contributed by atoms with Gasteiger partial charge in [-0.15, -0.1) is 0 Å². The third kappa shape index (κ3) is 2.04. The Morgan fingerprint density at radius 1 is 1.32 bits per heavy atom. The summed E-state index contributed by atoms with van der Waals surface area (Å²) in [4.78, 5) is 3.33. The van der Waals surface area contributed by atoms with Gasteiger partial charge < -0.3 is 4.98 Å². The number of nitrogens with zero attached hydrogens (tertiary/aromatic N) is 3. The average Bonchev–Trinajstić information content (AvgIpc) is 2.79. The monoisotopic (exact) mass is 278 g/mol. The minimum Gasteiger partial charge on any atom is -0.328 e. The highest BCUT2D eigenvalue weighted by atomic mass is 32.1. The van der Waals surface area contributed by atoms with Crippen molar-refractivity contribution in [2.24, 2.45) is 12.5 Å². The van der Waals surface area contributed by atoms with E-state index in [2.05, 4.69) is 28.5 Å². The molecule has 0 aliphatic heterocycles. The SMILES string of the molecule is Cc1nn(C)c2c1[nH]c(=S)n2C1CCC(C)(C)CC1. The molecule has 0 bridgehead atoms. The molecule has 0 radical (unpaired) electrons. The van der Waals surface area contributed by atoms with Crippen LogP contribution in [0.3, 0.4) is 0 Å². The quantitative estimate of drug-likeness (QED) is 0.804. The fourth-order valence-electron chi connectivity index (χ4n) is 3.31. The maximum atomic E-state index is 5.53. The highest BCUT2D eigenvalue weighted by Gasteiger charge is 2.29. The van der Waals surface area contributed by atoms with Crippen LogP contribution >= 0.6 is 12.2 Å². The van der Waals surface area contributed by atoms with Crippen molar-refractivity contribution >= 4 is 23.4 Å². The molecule has 1 fully saturated rings. The molecule has 5 heteroatoms. The molecule has 1 saturated carbocycles. The van der Waals surface area contributed by atoms with Gasteiger partial charge in [-0.05, 0) is 50.2 Å². The third-order valence-corrected chi connectivity index (χ3v) is 4.84. The average molecular weight is 278 g/mol. The number of aryl methyl sites for hydroxylation is 2. The molecule has 3 rings (SSSR count). The first-order valence-electron chi connectivity index (χ1n) is 7.03. The van der Waals surface area contributed by atoms with E-state index in [0.29, 0.717) is 11.5 Å². The Morgan fingerprint density at radius 2 is 1.95 bits per heavy atom. The minimum atomic E-state index is 0.483. The molecule has 0 unspecified atom stereocenters. The first-order chi connectivity index (χ1) is 8.89. The van der Waals surface area contributed by atoms with Crippen molar-refractivity contribution in [2.45, 2.75) is 52.5 Å². The summed E-state index contributed by atoms with van der Waals surface area (Å²) in [6, 6.07) is 0.518. The number of aromatic amines is 1. The second kappa shape index (κ2) is 4.20. The van der Waals surface area contributed by atoms with Gasteiger partial charge in [0.1, 0.15) is 5.52 Å². The van der Waals surface area contributed by atoms with Crippen LogP contribution in [0.5, 0.6) is 0 Å². The normalized spacial score (nSPS) is 20.2. The molecule has 1 N–H and O–H groups in total. The van der Waals surface area contributed by atoms with Crippen LogP contribution in [0.25, 0.3) is 11.2 Å². The zero-order chi connectivity index (χ0) is 13.8. The van der Waals surface area contributed by atoms with E-state index in [1.165, 1.54) is 25.7 Å².